The molecule has 0 spiro atoms. The summed E-state index contributed by atoms with van der Waals surface area (Å²) < 4.78 is 5.58. The second-order valence-electron chi connectivity index (χ2n) is 4.44. The fourth-order valence-electron chi connectivity index (χ4n) is 2.01. The number of carbonyl (C=O) groups is 1. The third-order valence-corrected chi connectivity index (χ3v) is 3.05. The highest BCUT2D eigenvalue weighted by atomic mass is 16.5. The van der Waals surface area contributed by atoms with Gasteiger partial charge in [-0.3, -0.25) is 4.79 Å². The normalized spacial score (nSPS) is 22.4. The lowest BCUT2D eigenvalue weighted by Crippen LogP contribution is -2.33. The molecule has 1 atom stereocenters. The third kappa shape index (κ3) is 3.70. The Kier molecular flexibility index (Phi) is 5.09. The van der Waals surface area contributed by atoms with E-state index in [2.05, 4.69) is 11.9 Å². The van der Waals surface area contributed by atoms with Gasteiger partial charge in [0.25, 0.3) is 5.91 Å². The molecule has 0 aromatic heterocycles. The van der Waals surface area contributed by atoms with Crippen molar-refractivity contribution in [2.45, 2.75) is 38.2 Å². The van der Waals surface area contributed by atoms with Crippen LogP contribution in [0.3, 0.4) is 0 Å². The van der Waals surface area contributed by atoms with Crippen LogP contribution in [-0.4, -0.2) is 24.6 Å². The topological polar surface area (TPSA) is 90.7 Å². The molecule has 1 amide bonds. The Morgan fingerprint density at radius 2 is 2.28 bits per heavy atom. The molecule has 0 saturated heterocycles. The summed E-state index contributed by atoms with van der Waals surface area (Å²) in [6, 6.07) is 0. The van der Waals surface area contributed by atoms with Crippen LogP contribution in [0.15, 0.2) is 28.8 Å². The van der Waals surface area contributed by atoms with Crippen molar-refractivity contribution in [2.24, 2.45) is 16.5 Å². The summed E-state index contributed by atoms with van der Waals surface area (Å²) in [5, 5.41) is 0. The molecule has 18 heavy (non-hydrogen) atoms. The van der Waals surface area contributed by atoms with E-state index in [0.29, 0.717) is 12.0 Å². The second-order valence-corrected chi connectivity index (χ2v) is 4.44. The number of methoxy groups -OCH3 is 1. The van der Waals surface area contributed by atoms with Gasteiger partial charge in [-0.25, -0.2) is 0 Å². The van der Waals surface area contributed by atoms with Gasteiger partial charge in [-0.15, -0.1) is 0 Å². The summed E-state index contributed by atoms with van der Waals surface area (Å²) in [4.78, 5) is 15.3. The maximum absolute atomic E-state index is 11.8. The fraction of sp³-hybridized carbons (Fsp3) is 0.538. The van der Waals surface area contributed by atoms with Crippen molar-refractivity contribution in [1.29, 1.82) is 0 Å². The van der Waals surface area contributed by atoms with Crippen molar-refractivity contribution in [3.8, 4) is 0 Å². The molecule has 0 radical (unpaired) electrons. The summed E-state index contributed by atoms with van der Waals surface area (Å²) >= 11 is 0. The molecule has 0 aromatic rings. The first kappa shape index (κ1) is 14.4. The van der Waals surface area contributed by atoms with Gasteiger partial charge in [-0.1, -0.05) is 38.0 Å². The van der Waals surface area contributed by atoms with Crippen LogP contribution in [0.1, 0.15) is 32.6 Å². The molecule has 1 aliphatic rings. The second kappa shape index (κ2) is 6.35. The molecule has 0 aromatic carbocycles. The number of carbonyl (C=O) groups excluding carboxylic acids is 1. The maximum atomic E-state index is 11.8. The van der Waals surface area contributed by atoms with Crippen molar-refractivity contribution in [2.75, 3.05) is 7.11 Å². The molecule has 0 saturated carbocycles. The number of guanidine groups is 1. The molecule has 0 heterocycles. The zero-order valence-corrected chi connectivity index (χ0v) is 11.0. The Balaban J connectivity index is 2.81. The van der Waals surface area contributed by atoms with Crippen LogP contribution in [0.2, 0.25) is 0 Å². The average Bonchev–Trinajstić information content (AvgIpc) is 2.36. The predicted molar refractivity (Wildman–Crippen MR) is 71.9 cm³/mol. The molecular weight excluding hydrogens is 230 g/mol. The molecule has 5 heteroatoms. The van der Waals surface area contributed by atoms with Crippen LogP contribution < -0.4 is 11.5 Å². The van der Waals surface area contributed by atoms with Gasteiger partial charge >= 0.3 is 0 Å². The Bertz CT molecular complexity index is 395. The van der Waals surface area contributed by atoms with E-state index in [1.54, 1.807) is 13.2 Å². The van der Waals surface area contributed by atoms with Crippen LogP contribution >= 0.6 is 0 Å². The van der Waals surface area contributed by atoms with E-state index < -0.39 is 11.5 Å². The number of amides is 1. The van der Waals surface area contributed by atoms with E-state index >= 15 is 0 Å². The third-order valence-electron chi connectivity index (χ3n) is 3.05. The lowest BCUT2D eigenvalue weighted by Gasteiger charge is -2.31. The quantitative estimate of drug-likeness (QED) is 0.568. The van der Waals surface area contributed by atoms with Crippen LogP contribution in [0.25, 0.3) is 0 Å². The highest BCUT2D eigenvalue weighted by Crippen LogP contribution is 2.31. The van der Waals surface area contributed by atoms with Gasteiger partial charge in [0.1, 0.15) is 0 Å². The smallest absolute Gasteiger partial charge is 0.276 e. The highest BCUT2D eigenvalue weighted by molar-refractivity contribution is 6.01. The minimum absolute atomic E-state index is 0.216. The maximum Gasteiger partial charge on any atom is 0.276 e. The zero-order chi connectivity index (χ0) is 13.6. The van der Waals surface area contributed by atoms with Crippen LogP contribution in [-0.2, 0) is 9.53 Å². The Morgan fingerprint density at radius 3 is 2.83 bits per heavy atom. The minimum Gasteiger partial charge on any atom is -0.374 e. The number of nitrogens with two attached hydrogens (primary N) is 2. The number of ether oxygens (including phenoxy) is 1. The summed E-state index contributed by atoms with van der Waals surface area (Å²) in [6.07, 6.45) is 9.07. The number of hydrogen-bond acceptors (Lipinski definition) is 2. The van der Waals surface area contributed by atoms with Gasteiger partial charge in [-0.05, 0) is 6.42 Å². The summed E-state index contributed by atoms with van der Waals surface area (Å²) in [6.45, 7) is 2.12. The van der Waals surface area contributed by atoms with Gasteiger partial charge in [0.15, 0.2) is 5.96 Å². The van der Waals surface area contributed by atoms with E-state index in [-0.39, 0.29) is 5.96 Å². The van der Waals surface area contributed by atoms with Gasteiger partial charge < -0.3 is 16.2 Å². The first-order valence-corrected chi connectivity index (χ1v) is 6.10. The summed E-state index contributed by atoms with van der Waals surface area (Å²) in [5.74, 6) is -0.607. The molecule has 5 nitrogen and oxygen atoms in total. The summed E-state index contributed by atoms with van der Waals surface area (Å²) in [5.41, 5.74) is 10.6. The lowest BCUT2D eigenvalue weighted by molar-refractivity contribution is -0.115. The van der Waals surface area contributed by atoms with E-state index in [9.17, 15) is 4.79 Å². The predicted octanol–water partition coefficient (Wildman–Crippen LogP) is 1.25. The minimum atomic E-state index is -0.408. The van der Waals surface area contributed by atoms with Crippen LogP contribution in [0, 0.1) is 0 Å². The molecule has 1 unspecified atom stereocenters. The van der Waals surface area contributed by atoms with Crippen LogP contribution in [0.4, 0.5) is 0 Å². The van der Waals surface area contributed by atoms with Gasteiger partial charge in [0.05, 0.1) is 5.60 Å². The molecule has 4 N–H and O–H groups in total. The summed E-state index contributed by atoms with van der Waals surface area (Å²) in [7, 11) is 1.66. The number of rotatable bonds is 5. The van der Waals surface area contributed by atoms with Gasteiger partial charge in [0.2, 0.25) is 0 Å². The van der Waals surface area contributed by atoms with E-state index in [1.165, 1.54) is 0 Å². The van der Waals surface area contributed by atoms with Crippen LogP contribution in [0.5, 0.6) is 0 Å². The van der Waals surface area contributed by atoms with E-state index in [1.807, 2.05) is 12.2 Å². The number of hydrogen-bond donors (Lipinski definition) is 2. The largest absolute Gasteiger partial charge is 0.374 e. The molecule has 0 fully saturated rings. The standard InChI is InChI=1S/C13H21N3O2/c1-3-4-7-13(18-2)8-5-6-10(9-13)11(17)16-12(14)15/h5-6,8H,3-4,7,9H2,1-2H3,(H4,14,15,16,17). The van der Waals surface area contributed by atoms with Crippen molar-refractivity contribution >= 4 is 11.9 Å². The molecule has 1 aliphatic carbocycles. The van der Waals surface area contributed by atoms with Crippen molar-refractivity contribution in [3.05, 3.63) is 23.8 Å². The molecule has 100 valence electrons. The number of aliphatic imine (C=N–C) groups is 1. The van der Waals surface area contributed by atoms with E-state index in [4.69, 9.17) is 16.2 Å². The lowest BCUT2D eigenvalue weighted by atomic mass is 9.85. The van der Waals surface area contributed by atoms with E-state index in [0.717, 1.165) is 19.3 Å². The van der Waals surface area contributed by atoms with Crippen molar-refractivity contribution in [3.63, 3.8) is 0 Å². The molecule has 1 rings (SSSR count). The van der Waals surface area contributed by atoms with Gasteiger partial charge in [0, 0.05) is 19.1 Å². The van der Waals surface area contributed by atoms with Crippen molar-refractivity contribution in [1.82, 2.24) is 0 Å². The first-order chi connectivity index (χ1) is 8.53. The first-order valence-electron chi connectivity index (χ1n) is 6.10. The Hall–Kier alpha value is -1.62. The number of allylic oxidation sites excluding steroid dienone is 2. The molecule has 0 aliphatic heterocycles. The van der Waals surface area contributed by atoms with Crippen molar-refractivity contribution < 1.29 is 9.53 Å². The fourth-order valence-corrected chi connectivity index (χ4v) is 2.01. The Morgan fingerprint density at radius 1 is 1.56 bits per heavy atom. The monoisotopic (exact) mass is 251 g/mol. The molecular formula is C13H21N3O2. The zero-order valence-electron chi connectivity index (χ0n) is 11.0. The SMILES string of the molecule is CCCCC1(OC)C=CC=C(C(=O)N=C(N)N)C1. The average molecular weight is 251 g/mol. The number of unbranched alkanes of at least 4 members (excludes halogenated alkanes) is 1. The Labute approximate surface area is 108 Å². The molecule has 0 bridgehead atoms. The van der Waals surface area contributed by atoms with Gasteiger partial charge in [-0.2, -0.15) is 4.99 Å². The highest BCUT2D eigenvalue weighted by Gasteiger charge is 2.31. The number of nitrogens with zero attached hydrogens (tertiary/aromatic N) is 1.